The molecule has 0 bridgehead atoms. The zero-order valence-corrected chi connectivity index (χ0v) is 11.7. The number of aryl methyl sites for hydroxylation is 1. The smallest absolute Gasteiger partial charge is 0.0372 e. The summed E-state index contributed by atoms with van der Waals surface area (Å²) in [5.74, 6) is 2.18. The van der Waals surface area contributed by atoms with Crippen molar-refractivity contribution in [3.63, 3.8) is 0 Å². The first-order chi connectivity index (χ1) is 8.74. The van der Waals surface area contributed by atoms with Gasteiger partial charge in [-0.05, 0) is 55.7 Å². The Kier molecular flexibility index (Phi) is 4.76. The van der Waals surface area contributed by atoms with Crippen molar-refractivity contribution in [3.05, 3.63) is 29.6 Å². The van der Waals surface area contributed by atoms with Crippen LogP contribution in [-0.4, -0.2) is 11.5 Å². The third-order valence-corrected chi connectivity index (χ3v) is 4.46. The molecule has 1 saturated carbocycles. The number of nitrogens with zero attached hydrogens (tertiary/aromatic N) is 1. The van der Waals surface area contributed by atoms with Crippen LogP contribution in [0.25, 0.3) is 0 Å². The highest BCUT2D eigenvalue weighted by molar-refractivity contribution is 5.19. The summed E-state index contributed by atoms with van der Waals surface area (Å²) in [6, 6.07) is 4.39. The third kappa shape index (κ3) is 3.11. The van der Waals surface area contributed by atoms with Gasteiger partial charge in [-0.3, -0.25) is 4.98 Å². The van der Waals surface area contributed by atoms with Crippen LogP contribution < -0.4 is 5.73 Å². The molecule has 3 unspecified atom stereocenters. The first-order valence-corrected chi connectivity index (χ1v) is 7.37. The predicted octanol–water partition coefficient (Wildman–Crippen LogP) is 3.65. The van der Waals surface area contributed by atoms with Gasteiger partial charge in [-0.15, -0.1) is 0 Å². The lowest BCUT2D eigenvalue weighted by Crippen LogP contribution is -2.29. The highest BCUT2D eigenvalue weighted by atomic mass is 14.7. The van der Waals surface area contributed by atoms with Crippen LogP contribution in [0.2, 0.25) is 0 Å². The molecule has 2 N–H and O–H groups in total. The number of hydrogen-bond donors (Lipinski definition) is 1. The number of aromatic nitrogens is 1. The largest absolute Gasteiger partial charge is 0.330 e. The van der Waals surface area contributed by atoms with Crippen LogP contribution in [0.4, 0.5) is 0 Å². The fourth-order valence-electron chi connectivity index (χ4n) is 3.38. The zero-order valence-electron chi connectivity index (χ0n) is 11.7. The van der Waals surface area contributed by atoms with Crippen molar-refractivity contribution < 1.29 is 0 Å². The van der Waals surface area contributed by atoms with E-state index >= 15 is 0 Å². The lowest BCUT2D eigenvalue weighted by atomic mass is 9.70. The van der Waals surface area contributed by atoms with Crippen LogP contribution in [0.15, 0.2) is 18.3 Å². The maximum atomic E-state index is 5.96. The normalized spacial score (nSPS) is 28.3. The second-order valence-electron chi connectivity index (χ2n) is 5.80. The van der Waals surface area contributed by atoms with Crippen LogP contribution in [0.1, 0.15) is 56.2 Å². The fraction of sp³-hybridized carbons (Fsp3) is 0.688. The second kappa shape index (κ2) is 6.33. The van der Waals surface area contributed by atoms with E-state index in [1.54, 1.807) is 0 Å². The molecule has 1 heterocycles. The van der Waals surface area contributed by atoms with Crippen LogP contribution >= 0.6 is 0 Å². The first-order valence-electron chi connectivity index (χ1n) is 7.37. The van der Waals surface area contributed by atoms with Gasteiger partial charge in [0.05, 0.1) is 0 Å². The van der Waals surface area contributed by atoms with Crippen molar-refractivity contribution >= 4 is 0 Å². The zero-order chi connectivity index (χ0) is 13.0. The van der Waals surface area contributed by atoms with E-state index in [1.165, 1.54) is 37.7 Å². The Labute approximate surface area is 111 Å². The third-order valence-electron chi connectivity index (χ3n) is 4.46. The van der Waals surface area contributed by atoms with Crippen molar-refractivity contribution in [2.45, 2.75) is 51.9 Å². The first kappa shape index (κ1) is 13.5. The molecular formula is C16H26N2. The van der Waals surface area contributed by atoms with Gasteiger partial charge in [0.15, 0.2) is 0 Å². The molecule has 1 fully saturated rings. The van der Waals surface area contributed by atoms with Crippen LogP contribution in [0, 0.1) is 18.8 Å². The van der Waals surface area contributed by atoms with E-state index in [4.69, 9.17) is 5.73 Å². The summed E-state index contributed by atoms with van der Waals surface area (Å²) in [6.07, 6.45) is 8.70. The molecule has 1 aliphatic rings. The summed E-state index contributed by atoms with van der Waals surface area (Å²) in [5, 5.41) is 0. The van der Waals surface area contributed by atoms with Crippen LogP contribution in [0.5, 0.6) is 0 Å². The van der Waals surface area contributed by atoms with Gasteiger partial charge < -0.3 is 5.73 Å². The summed E-state index contributed by atoms with van der Waals surface area (Å²) in [6.45, 7) is 5.15. The molecular weight excluding hydrogens is 220 g/mol. The molecule has 0 saturated heterocycles. The topological polar surface area (TPSA) is 38.9 Å². The van der Waals surface area contributed by atoms with E-state index < -0.39 is 0 Å². The minimum absolute atomic E-state index is 0.633. The molecule has 0 amide bonds. The van der Waals surface area contributed by atoms with Crippen LogP contribution in [0.3, 0.4) is 0 Å². The lowest BCUT2D eigenvalue weighted by molar-refractivity contribution is 0.230. The number of pyridine rings is 1. The van der Waals surface area contributed by atoms with E-state index in [2.05, 4.69) is 30.2 Å². The lowest BCUT2D eigenvalue weighted by Gasteiger charge is -2.36. The molecule has 0 aliphatic heterocycles. The predicted molar refractivity (Wildman–Crippen MR) is 76.5 cm³/mol. The summed E-state index contributed by atoms with van der Waals surface area (Å²) in [7, 11) is 0. The second-order valence-corrected chi connectivity index (χ2v) is 5.80. The Morgan fingerprint density at radius 2 is 2.17 bits per heavy atom. The molecule has 0 aromatic carbocycles. The quantitative estimate of drug-likeness (QED) is 0.880. The molecule has 1 aromatic rings. The molecule has 1 aliphatic carbocycles. The molecule has 2 heteroatoms. The van der Waals surface area contributed by atoms with Gasteiger partial charge in [0.25, 0.3) is 0 Å². The summed E-state index contributed by atoms with van der Waals surface area (Å²) >= 11 is 0. The Balaban J connectivity index is 2.12. The molecule has 1 aromatic heterocycles. The SMILES string of the molecule is CCCC1CCC(CN)C(c2ccc(C)nc2)C1. The number of nitrogens with two attached hydrogens (primary N) is 1. The Hall–Kier alpha value is -0.890. The van der Waals surface area contributed by atoms with Gasteiger partial charge in [-0.25, -0.2) is 0 Å². The van der Waals surface area contributed by atoms with Gasteiger partial charge >= 0.3 is 0 Å². The fourth-order valence-corrected chi connectivity index (χ4v) is 3.38. The van der Waals surface area contributed by atoms with Gasteiger partial charge in [0, 0.05) is 11.9 Å². The molecule has 18 heavy (non-hydrogen) atoms. The molecule has 2 nitrogen and oxygen atoms in total. The number of rotatable bonds is 4. The Morgan fingerprint density at radius 1 is 1.33 bits per heavy atom. The van der Waals surface area contributed by atoms with Gasteiger partial charge in [-0.1, -0.05) is 32.3 Å². The standard InChI is InChI=1S/C16H26N2/c1-3-4-13-6-8-14(10-17)16(9-13)15-7-5-12(2)18-11-15/h5,7,11,13-14,16H,3-4,6,8-10,17H2,1-2H3. The van der Waals surface area contributed by atoms with E-state index in [1.807, 2.05) is 6.92 Å². The minimum atomic E-state index is 0.633. The molecule has 100 valence electrons. The molecule has 0 radical (unpaired) electrons. The highest BCUT2D eigenvalue weighted by Crippen LogP contribution is 2.41. The van der Waals surface area contributed by atoms with Gasteiger partial charge in [0.2, 0.25) is 0 Å². The van der Waals surface area contributed by atoms with Crippen molar-refractivity contribution in [2.24, 2.45) is 17.6 Å². The molecule has 0 spiro atoms. The average molecular weight is 246 g/mol. The molecule has 2 rings (SSSR count). The van der Waals surface area contributed by atoms with Gasteiger partial charge in [-0.2, -0.15) is 0 Å². The monoisotopic (exact) mass is 246 g/mol. The molecule has 3 atom stereocenters. The van der Waals surface area contributed by atoms with Crippen LogP contribution in [-0.2, 0) is 0 Å². The van der Waals surface area contributed by atoms with Crippen molar-refractivity contribution in [3.8, 4) is 0 Å². The summed E-state index contributed by atoms with van der Waals surface area (Å²) < 4.78 is 0. The van der Waals surface area contributed by atoms with E-state index in [-0.39, 0.29) is 0 Å². The maximum absolute atomic E-state index is 5.96. The Morgan fingerprint density at radius 3 is 2.78 bits per heavy atom. The van der Waals surface area contributed by atoms with E-state index in [9.17, 15) is 0 Å². The summed E-state index contributed by atoms with van der Waals surface area (Å²) in [4.78, 5) is 4.45. The van der Waals surface area contributed by atoms with Crippen molar-refractivity contribution in [1.82, 2.24) is 4.98 Å². The minimum Gasteiger partial charge on any atom is -0.330 e. The van der Waals surface area contributed by atoms with Crippen molar-refractivity contribution in [2.75, 3.05) is 6.54 Å². The highest BCUT2D eigenvalue weighted by Gasteiger charge is 2.30. The van der Waals surface area contributed by atoms with E-state index in [0.29, 0.717) is 11.8 Å². The van der Waals surface area contributed by atoms with E-state index in [0.717, 1.165) is 18.2 Å². The Bertz CT molecular complexity index is 358. The maximum Gasteiger partial charge on any atom is 0.0372 e. The number of hydrogen-bond acceptors (Lipinski definition) is 2. The van der Waals surface area contributed by atoms with Gasteiger partial charge in [0.1, 0.15) is 0 Å². The average Bonchev–Trinajstić information content (AvgIpc) is 2.40. The summed E-state index contributed by atoms with van der Waals surface area (Å²) in [5.41, 5.74) is 8.46. The van der Waals surface area contributed by atoms with Crippen molar-refractivity contribution in [1.29, 1.82) is 0 Å².